The Morgan fingerprint density at radius 3 is 2.27 bits per heavy atom. The van der Waals surface area contributed by atoms with Gasteiger partial charge in [0.25, 0.3) is 5.56 Å². The summed E-state index contributed by atoms with van der Waals surface area (Å²) in [6, 6.07) is 17.6. The van der Waals surface area contributed by atoms with Crippen LogP contribution in [0.25, 0.3) is 16.6 Å². The molecule has 0 unspecified atom stereocenters. The van der Waals surface area contributed by atoms with Crippen LogP contribution in [0, 0.1) is 0 Å². The van der Waals surface area contributed by atoms with Crippen LogP contribution in [0.3, 0.4) is 0 Å². The summed E-state index contributed by atoms with van der Waals surface area (Å²) in [4.78, 5) is 17.3. The molecule has 1 aliphatic heterocycles. The Balaban J connectivity index is 1.24. The van der Waals surface area contributed by atoms with Crippen molar-refractivity contribution in [2.45, 2.75) is 28.7 Å². The van der Waals surface area contributed by atoms with Gasteiger partial charge in [0.15, 0.2) is 9.84 Å². The first-order valence-electron chi connectivity index (χ1n) is 11.7. The average molecular weight is 540 g/mol. The number of sulfonamides is 1. The molecule has 3 heterocycles. The van der Waals surface area contributed by atoms with Crippen LogP contribution in [0.5, 0.6) is 5.75 Å². The van der Waals surface area contributed by atoms with Crippen LogP contribution in [0.15, 0.2) is 93.7 Å². The largest absolute Gasteiger partial charge is 0.490 e. The molecule has 9 nitrogen and oxygen atoms in total. The average Bonchev–Trinajstić information content (AvgIpc) is 2.88. The molecule has 37 heavy (non-hydrogen) atoms. The van der Waals surface area contributed by atoms with Gasteiger partial charge in [-0.05, 0) is 67.4 Å². The van der Waals surface area contributed by atoms with Crippen LogP contribution in [0.2, 0.25) is 0 Å². The van der Waals surface area contributed by atoms with E-state index in [0.29, 0.717) is 37.4 Å². The topological polar surface area (TPSA) is 116 Å². The fraction of sp³-hybridized carbons (Fsp3) is 0.231. The number of benzene rings is 2. The number of piperidine rings is 1. The number of hydrogen-bond acceptors (Lipinski definition) is 7. The molecule has 2 aromatic heterocycles. The van der Waals surface area contributed by atoms with Crippen molar-refractivity contribution in [1.82, 2.24) is 13.9 Å². The number of ether oxygens (including phenoxy) is 1. The minimum Gasteiger partial charge on any atom is -0.490 e. The second-order valence-corrected chi connectivity index (χ2v) is 12.9. The van der Waals surface area contributed by atoms with Crippen LogP contribution < -0.4 is 10.3 Å². The smallest absolute Gasteiger partial charge is 0.258 e. The van der Waals surface area contributed by atoms with Crippen molar-refractivity contribution in [3.05, 3.63) is 89.5 Å². The lowest BCUT2D eigenvalue weighted by Gasteiger charge is -2.31. The molecule has 192 valence electrons. The van der Waals surface area contributed by atoms with Gasteiger partial charge in [-0.2, -0.15) is 4.31 Å². The molecule has 11 heteroatoms. The molecule has 0 spiro atoms. The minimum absolute atomic E-state index is 0.176. The first-order valence-corrected chi connectivity index (χ1v) is 15.0. The monoisotopic (exact) mass is 539 g/mol. The van der Waals surface area contributed by atoms with E-state index in [-0.39, 0.29) is 21.5 Å². The number of aromatic nitrogens is 2. The van der Waals surface area contributed by atoms with Crippen LogP contribution >= 0.6 is 0 Å². The molecule has 0 N–H and O–H groups in total. The molecular weight excluding hydrogens is 514 g/mol. The molecule has 0 bridgehead atoms. The fourth-order valence-corrected chi connectivity index (χ4v) is 6.48. The summed E-state index contributed by atoms with van der Waals surface area (Å²) in [6.07, 6.45) is 5.12. The first-order chi connectivity index (χ1) is 17.6. The molecular formula is C26H25N3O6S2. The number of fused-ring (bicyclic) bond motifs is 1. The lowest BCUT2D eigenvalue weighted by atomic mass is 10.1. The van der Waals surface area contributed by atoms with Gasteiger partial charge in [-0.25, -0.2) is 16.8 Å². The van der Waals surface area contributed by atoms with Crippen molar-refractivity contribution in [2.24, 2.45) is 0 Å². The SMILES string of the molecule is CS(=O)(=O)c1ccc(-n2ccc(OC3CCN(S(=O)(=O)c4ccc5ncccc5c4)CC3)cc2=O)cc1. The molecule has 0 amide bonds. The summed E-state index contributed by atoms with van der Waals surface area (Å²) in [5.74, 6) is 0.400. The number of hydrogen-bond donors (Lipinski definition) is 0. The minimum atomic E-state index is -3.65. The maximum atomic E-state index is 13.2. The first kappa shape index (κ1) is 25.1. The van der Waals surface area contributed by atoms with E-state index in [1.54, 1.807) is 54.9 Å². The highest BCUT2D eigenvalue weighted by atomic mass is 32.2. The molecule has 4 aromatic rings. The molecule has 0 aliphatic carbocycles. The third kappa shape index (κ3) is 5.29. The molecule has 1 saturated heterocycles. The van der Waals surface area contributed by atoms with Crippen LogP contribution in [0.1, 0.15) is 12.8 Å². The molecule has 0 radical (unpaired) electrons. The Bertz CT molecular complexity index is 1720. The fourth-order valence-electron chi connectivity index (χ4n) is 4.35. The summed E-state index contributed by atoms with van der Waals surface area (Å²) in [5.41, 5.74) is 0.948. The third-order valence-corrected chi connectivity index (χ3v) is 9.37. The van der Waals surface area contributed by atoms with Crippen molar-refractivity contribution >= 4 is 30.8 Å². The Morgan fingerprint density at radius 1 is 0.892 bits per heavy atom. The maximum Gasteiger partial charge on any atom is 0.258 e. The van der Waals surface area contributed by atoms with Gasteiger partial charge in [0.2, 0.25) is 10.0 Å². The summed E-state index contributed by atoms with van der Waals surface area (Å²) in [6.45, 7) is 0.615. The van der Waals surface area contributed by atoms with E-state index in [1.807, 2.05) is 6.07 Å². The van der Waals surface area contributed by atoms with Gasteiger partial charge in [-0.1, -0.05) is 6.07 Å². The van der Waals surface area contributed by atoms with Gasteiger partial charge >= 0.3 is 0 Å². The summed E-state index contributed by atoms with van der Waals surface area (Å²) < 4.78 is 58.5. The van der Waals surface area contributed by atoms with Crippen LogP contribution in [-0.2, 0) is 19.9 Å². The molecule has 1 fully saturated rings. The van der Waals surface area contributed by atoms with E-state index in [0.717, 1.165) is 17.2 Å². The second kappa shape index (κ2) is 9.73. The third-order valence-electron chi connectivity index (χ3n) is 6.35. The highest BCUT2D eigenvalue weighted by Crippen LogP contribution is 2.25. The maximum absolute atomic E-state index is 13.2. The van der Waals surface area contributed by atoms with E-state index in [2.05, 4.69) is 4.98 Å². The zero-order chi connectivity index (χ0) is 26.2. The Labute approximate surface area is 214 Å². The van der Waals surface area contributed by atoms with Crippen molar-refractivity contribution in [3.8, 4) is 11.4 Å². The Morgan fingerprint density at radius 2 is 1.59 bits per heavy atom. The van der Waals surface area contributed by atoms with Gasteiger partial charge in [-0.3, -0.25) is 14.3 Å². The molecule has 5 rings (SSSR count). The predicted octanol–water partition coefficient (Wildman–Crippen LogP) is 3.02. The highest BCUT2D eigenvalue weighted by molar-refractivity contribution is 7.90. The van der Waals surface area contributed by atoms with E-state index < -0.39 is 19.9 Å². The van der Waals surface area contributed by atoms with Crippen LogP contribution in [-0.4, -0.2) is 56.1 Å². The molecule has 0 atom stereocenters. The van der Waals surface area contributed by atoms with Gasteiger partial charge in [0.05, 0.1) is 15.3 Å². The van der Waals surface area contributed by atoms with Crippen molar-refractivity contribution in [3.63, 3.8) is 0 Å². The predicted molar refractivity (Wildman–Crippen MR) is 139 cm³/mol. The zero-order valence-electron chi connectivity index (χ0n) is 20.0. The van der Waals surface area contributed by atoms with E-state index in [9.17, 15) is 21.6 Å². The van der Waals surface area contributed by atoms with Crippen molar-refractivity contribution in [1.29, 1.82) is 0 Å². The van der Waals surface area contributed by atoms with Crippen molar-refractivity contribution < 1.29 is 21.6 Å². The van der Waals surface area contributed by atoms with E-state index in [1.165, 1.54) is 27.1 Å². The standard InChI is InChI=1S/C26H25N3O6S2/c1-36(31,32)23-6-4-20(5-7-23)29-16-12-22(18-26(29)30)35-21-10-14-28(15-11-21)37(33,34)24-8-9-25-19(17-24)3-2-13-27-25/h2-9,12-13,16-18,21H,10-11,14-15H2,1H3. The lowest BCUT2D eigenvalue weighted by Crippen LogP contribution is -2.41. The Kier molecular flexibility index (Phi) is 6.61. The number of nitrogens with zero attached hydrogens (tertiary/aromatic N) is 3. The lowest BCUT2D eigenvalue weighted by molar-refractivity contribution is 0.135. The molecule has 0 saturated carbocycles. The normalized spacial score (nSPS) is 15.6. The number of pyridine rings is 2. The van der Waals surface area contributed by atoms with Crippen molar-refractivity contribution in [2.75, 3.05) is 19.3 Å². The quantitative estimate of drug-likeness (QED) is 0.370. The number of sulfone groups is 1. The summed E-state index contributed by atoms with van der Waals surface area (Å²) in [7, 11) is -6.97. The Hall–Kier alpha value is -3.54. The number of rotatable bonds is 6. The van der Waals surface area contributed by atoms with Gasteiger partial charge in [-0.15, -0.1) is 0 Å². The van der Waals surface area contributed by atoms with Gasteiger partial charge in [0.1, 0.15) is 11.9 Å². The molecule has 1 aliphatic rings. The molecule has 2 aromatic carbocycles. The van der Waals surface area contributed by atoms with E-state index in [4.69, 9.17) is 4.74 Å². The van der Waals surface area contributed by atoms with Gasteiger partial charge < -0.3 is 4.74 Å². The summed E-state index contributed by atoms with van der Waals surface area (Å²) >= 11 is 0. The van der Waals surface area contributed by atoms with Crippen LogP contribution in [0.4, 0.5) is 0 Å². The van der Waals surface area contributed by atoms with E-state index >= 15 is 0 Å². The summed E-state index contributed by atoms with van der Waals surface area (Å²) in [5, 5.41) is 0.767. The highest BCUT2D eigenvalue weighted by Gasteiger charge is 2.30. The second-order valence-electron chi connectivity index (χ2n) is 8.92. The van der Waals surface area contributed by atoms with Gasteiger partial charge in [0, 0.05) is 48.9 Å². The zero-order valence-corrected chi connectivity index (χ0v) is 21.7.